The molecule has 0 saturated carbocycles. The van der Waals surface area contributed by atoms with Gasteiger partial charge in [0.05, 0.1) is 12.6 Å². The zero-order valence-electron chi connectivity index (χ0n) is 13.7. The number of carbonyl (C=O) groups is 1. The number of anilines is 1. The summed E-state index contributed by atoms with van der Waals surface area (Å²) >= 11 is 0. The van der Waals surface area contributed by atoms with Crippen LogP contribution in [0.3, 0.4) is 0 Å². The van der Waals surface area contributed by atoms with Crippen LogP contribution in [0.4, 0.5) is 10.5 Å². The summed E-state index contributed by atoms with van der Waals surface area (Å²) in [4.78, 5) is 12.3. The van der Waals surface area contributed by atoms with Gasteiger partial charge in [-0.25, -0.2) is 4.79 Å². The predicted molar refractivity (Wildman–Crippen MR) is 93.7 cm³/mol. The Morgan fingerprint density at radius 2 is 1.87 bits per heavy atom. The lowest BCUT2D eigenvalue weighted by atomic mass is 10.1. The van der Waals surface area contributed by atoms with Gasteiger partial charge in [0, 0.05) is 5.69 Å². The van der Waals surface area contributed by atoms with Crippen LogP contribution in [0.1, 0.15) is 23.6 Å². The quantitative estimate of drug-likeness (QED) is 0.766. The van der Waals surface area contributed by atoms with E-state index in [9.17, 15) is 9.90 Å². The van der Waals surface area contributed by atoms with Crippen molar-refractivity contribution in [2.45, 2.75) is 32.7 Å². The Morgan fingerprint density at radius 1 is 1.13 bits per heavy atom. The van der Waals surface area contributed by atoms with Gasteiger partial charge in [-0.3, -0.25) is 0 Å². The Labute approximate surface area is 137 Å². The van der Waals surface area contributed by atoms with E-state index in [1.54, 1.807) is 0 Å². The van der Waals surface area contributed by atoms with E-state index in [4.69, 9.17) is 0 Å². The fourth-order valence-electron chi connectivity index (χ4n) is 2.60. The molecule has 122 valence electrons. The Balaban J connectivity index is 2.01. The topological polar surface area (TPSA) is 61.4 Å². The average Bonchev–Trinajstić information content (AvgIpc) is 2.57. The van der Waals surface area contributed by atoms with Crippen LogP contribution in [0.5, 0.6) is 0 Å². The van der Waals surface area contributed by atoms with E-state index in [-0.39, 0.29) is 18.7 Å². The summed E-state index contributed by atoms with van der Waals surface area (Å²) in [5.41, 5.74) is 4.06. The Morgan fingerprint density at radius 3 is 2.52 bits per heavy atom. The van der Waals surface area contributed by atoms with E-state index in [0.29, 0.717) is 6.42 Å². The molecule has 0 aliphatic rings. The molecule has 0 heterocycles. The number of benzene rings is 2. The third kappa shape index (κ3) is 4.83. The minimum Gasteiger partial charge on any atom is -0.394 e. The van der Waals surface area contributed by atoms with Gasteiger partial charge in [0.15, 0.2) is 0 Å². The van der Waals surface area contributed by atoms with Crippen molar-refractivity contribution in [2.24, 2.45) is 0 Å². The van der Waals surface area contributed by atoms with Gasteiger partial charge >= 0.3 is 6.03 Å². The summed E-state index contributed by atoms with van der Waals surface area (Å²) in [5, 5.41) is 15.3. The molecule has 0 fully saturated rings. The number of aliphatic hydroxyl groups excluding tert-OH is 1. The van der Waals surface area contributed by atoms with Crippen molar-refractivity contribution < 1.29 is 9.90 Å². The van der Waals surface area contributed by atoms with Gasteiger partial charge in [-0.1, -0.05) is 55.5 Å². The first-order valence-corrected chi connectivity index (χ1v) is 7.94. The van der Waals surface area contributed by atoms with E-state index < -0.39 is 0 Å². The van der Waals surface area contributed by atoms with Crippen LogP contribution >= 0.6 is 0 Å². The van der Waals surface area contributed by atoms with Crippen molar-refractivity contribution in [1.29, 1.82) is 0 Å². The maximum atomic E-state index is 12.3. The number of rotatable bonds is 6. The van der Waals surface area contributed by atoms with Crippen LogP contribution in [0.25, 0.3) is 0 Å². The Kier molecular flexibility index (Phi) is 6.18. The van der Waals surface area contributed by atoms with Gasteiger partial charge in [-0.15, -0.1) is 0 Å². The van der Waals surface area contributed by atoms with Gasteiger partial charge in [-0.2, -0.15) is 0 Å². The molecule has 0 aliphatic carbocycles. The van der Waals surface area contributed by atoms with Crippen molar-refractivity contribution in [3.63, 3.8) is 0 Å². The highest BCUT2D eigenvalue weighted by Crippen LogP contribution is 2.20. The van der Waals surface area contributed by atoms with Crippen LogP contribution in [-0.2, 0) is 12.8 Å². The number of para-hydroxylation sites is 1. The van der Waals surface area contributed by atoms with Crippen molar-refractivity contribution in [2.75, 3.05) is 11.9 Å². The summed E-state index contributed by atoms with van der Waals surface area (Å²) in [6.07, 6.45) is 1.45. The van der Waals surface area contributed by atoms with Crippen LogP contribution in [0.2, 0.25) is 0 Å². The number of hydrogen-bond donors (Lipinski definition) is 3. The normalized spacial score (nSPS) is 11.8. The molecule has 3 N–H and O–H groups in total. The van der Waals surface area contributed by atoms with Crippen LogP contribution in [0, 0.1) is 6.92 Å². The number of aliphatic hydroxyl groups is 1. The SMILES string of the molecule is CCc1cccc(C)c1NC(=O)NC(CO)Cc1ccccc1. The predicted octanol–water partition coefficient (Wildman–Crippen LogP) is 3.28. The highest BCUT2D eigenvalue weighted by Gasteiger charge is 2.14. The van der Waals surface area contributed by atoms with Crippen LogP contribution in [0.15, 0.2) is 48.5 Å². The molecule has 2 rings (SSSR count). The van der Waals surface area contributed by atoms with Gasteiger partial charge < -0.3 is 15.7 Å². The zero-order valence-corrected chi connectivity index (χ0v) is 13.7. The zero-order chi connectivity index (χ0) is 16.7. The molecule has 0 spiro atoms. The first-order chi connectivity index (χ1) is 11.1. The Bertz CT molecular complexity index is 641. The number of amides is 2. The van der Waals surface area contributed by atoms with Gasteiger partial charge in [0.2, 0.25) is 0 Å². The van der Waals surface area contributed by atoms with E-state index in [0.717, 1.165) is 28.8 Å². The van der Waals surface area contributed by atoms with E-state index >= 15 is 0 Å². The minimum absolute atomic E-state index is 0.100. The second-order valence-electron chi connectivity index (χ2n) is 5.63. The molecule has 0 aliphatic heterocycles. The lowest BCUT2D eigenvalue weighted by Gasteiger charge is -2.19. The molecule has 1 atom stereocenters. The molecule has 4 heteroatoms. The first-order valence-electron chi connectivity index (χ1n) is 7.94. The van der Waals surface area contributed by atoms with Crippen LogP contribution in [-0.4, -0.2) is 23.8 Å². The molecule has 0 radical (unpaired) electrons. The fourth-order valence-corrected chi connectivity index (χ4v) is 2.60. The third-order valence-corrected chi connectivity index (χ3v) is 3.86. The van der Waals surface area contributed by atoms with Gasteiger partial charge in [-0.05, 0) is 36.5 Å². The summed E-state index contributed by atoms with van der Waals surface area (Å²) in [7, 11) is 0. The molecule has 0 aromatic heterocycles. The molecule has 0 saturated heterocycles. The number of aryl methyl sites for hydroxylation is 2. The van der Waals surface area contributed by atoms with E-state index in [2.05, 4.69) is 17.6 Å². The maximum absolute atomic E-state index is 12.3. The van der Waals surface area contributed by atoms with Gasteiger partial charge in [0.1, 0.15) is 0 Å². The third-order valence-electron chi connectivity index (χ3n) is 3.86. The van der Waals surface area contributed by atoms with E-state index in [1.807, 2.05) is 55.5 Å². The Hall–Kier alpha value is -2.33. The lowest BCUT2D eigenvalue weighted by Crippen LogP contribution is -2.41. The van der Waals surface area contributed by atoms with E-state index in [1.165, 1.54) is 0 Å². The number of hydrogen-bond acceptors (Lipinski definition) is 2. The summed E-state index contributed by atoms with van der Waals surface area (Å²) < 4.78 is 0. The molecular formula is C19H24N2O2. The fraction of sp³-hybridized carbons (Fsp3) is 0.316. The molecule has 2 aromatic rings. The monoisotopic (exact) mass is 312 g/mol. The summed E-state index contributed by atoms with van der Waals surface area (Å²) in [5.74, 6) is 0. The lowest BCUT2D eigenvalue weighted by molar-refractivity contribution is 0.224. The minimum atomic E-state index is -0.313. The molecule has 4 nitrogen and oxygen atoms in total. The molecule has 2 amide bonds. The molecule has 0 bridgehead atoms. The summed E-state index contributed by atoms with van der Waals surface area (Å²) in [6.45, 7) is 3.93. The number of nitrogens with one attached hydrogen (secondary N) is 2. The second kappa shape index (κ2) is 8.34. The smallest absolute Gasteiger partial charge is 0.319 e. The average molecular weight is 312 g/mol. The number of carbonyl (C=O) groups excluding carboxylic acids is 1. The van der Waals surface area contributed by atoms with Crippen molar-refractivity contribution in [3.05, 3.63) is 65.2 Å². The maximum Gasteiger partial charge on any atom is 0.319 e. The van der Waals surface area contributed by atoms with Gasteiger partial charge in [0.25, 0.3) is 0 Å². The van der Waals surface area contributed by atoms with Crippen LogP contribution < -0.4 is 10.6 Å². The molecule has 1 unspecified atom stereocenters. The first kappa shape index (κ1) is 17.0. The largest absolute Gasteiger partial charge is 0.394 e. The summed E-state index contributed by atoms with van der Waals surface area (Å²) in [6, 6.07) is 15.2. The van der Waals surface area contributed by atoms with Crippen molar-refractivity contribution >= 4 is 11.7 Å². The van der Waals surface area contributed by atoms with Crippen molar-refractivity contribution in [3.8, 4) is 0 Å². The molecule has 2 aromatic carbocycles. The highest BCUT2D eigenvalue weighted by molar-refractivity contribution is 5.91. The number of urea groups is 1. The molecule has 23 heavy (non-hydrogen) atoms. The standard InChI is InChI=1S/C19H24N2O2/c1-3-16-11-7-8-14(2)18(16)21-19(23)20-17(13-22)12-15-9-5-4-6-10-15/h4-11,17,22H,3,12-13H2,1-2H3,(H2,20,21,23). The van der Waals surface area contributed by atoms with Crippen molar-refractivity contribution in [1.82, 2.24) is 5.32 Å². The molecular weight excluding hydrogens is 288 g/mol. The second-order valence-corrected chi connectivity index (χ2v) is 5.63. The highest BCUT2D eigenvalue weighted by atomic mass is 16.3.